The summed E-state index contributed by atoms with van der Waals surface area (Å²) in [5, 5.41) is 9.17. The summed E-state index contributed by atoms with van der Waals surface area (Å²) < 4.78 is 5.58. The molecule has 0 atom stereocenters. The molecule has 0 unspecified atom stereocenters. The number of ether oxygens (including phenoxy) is 1. The van der Waals surface area contributed by atoms with E-state index in [1.54, 1.807) is 24.3 Å². The molecule has 0 radical (unpaired) electrons. The van der Waals surface area contributed by atoms with Crippen LogP contribution < -0.4 is 4.74 Å². The van der Waals surface area contributed by atoms with Crippen LogP contribution >= 0.6 is 0 Å². The topological polar surface area (TPSA) is 50.9 Å². The van der Waals surface area contributed by atoms with Crippen LogP contribution in [0.1, 0.15) is 27.0 Å². The van der Waals surface area contributed by atoms with E-state index in [4.69, 9.17) is 11.3 Å². The van der Waals surface area contributed by atoms with Crippen LogP contribution in [0.3, 0.4) is 0 Å². The molecule has 0 saturated heterocycles. The van der Waals surface area contributed by atoms with E-state index in [1.165, 1.54) is 0 Å². The normalized spacial score (nSPS) is 12.6. The zero-order valence-electron chi connectivity index (χ0n) is 12.0. The second kappa shape index (κ2) is 5.38. The maximum atomic E-state index is 11.2. The van der Waals surface area contributed by atoms with Gasteiger partial charge in [0.15, 0.2) is 5.69 Å². The summed E-state index contributed by atoms with van der Waals surface area (Å²) in [6, 6.07) is 10.4. The van der Waals surface area contributed by atoms with Crippen molar-refractivity contribution in [2.24, 2.45) is 0 Å². The summed E-state index contributed by atoms with van der Waals surface area (Å²) in [5.41, 5.74) is 4.50. The number of aromatic carboxylic acids is 1. The molecule has 3 rings (SSSR count). The number of carboxylic acids is 1. The first kappa shape index (κ1) is 13.9. The fraction of sp³-hybridized carbons (Fsp3) is 0.111. The van der Waals surface area contributed by atoms with Crippen molar-refractivity contribution in [2.45, 2.75) is 6.92 Å². The van der Waals surface area contributed by atoms with Crippen LogP contribution in [-0.2, 0) is 0 Å². The molecular formula is C18H13NO3. The van der Waals surface area contributed by atoms with E-state index in [0.717, 1.165) is 22.3 Å². The van der Waals surface area contributed by atoms with Gasteiger partial charge in [0.2, 0.25) is 0 Å². The van der Waals surface area contributed by atoms with Crippen LogP contribution in [0, 0.1) is 13.5 Å². The lowest BCUT2D eigenvalue weighted by atomic mass is 9.91. The van der Waals surface area contributed by atoms with Crippen LogP contribution in [0.4, 0.5) is 5.69 Å². The molecule has 0 saturated carbocycles. The van der Waals surface area contributed by atoms with E-state index >= 15 is 0 Å². The molecule has 108 valence electrons. The second-order valence-electron chi connectivity index (χ2n) is 5.06. The summed E-state index contributed by atoms with van der Waals surface area (Å²) in [7, 11) is 0. The summed E-state index contributed by atoms with van der Waals surface area (Å²) in [6.45, 7) is 9.46. The molecule has 0 aromatic heterocycles. The van der Waals surface area contributed by atoms with Crippen LogP contribution in [0.2, 0.25) is 0 Å². The molecular weight excluding hydrogens is 278 g/mol. The number of carbonyl (C=O) groups is 1. The second-order valence-corrected chi connectivity index (χ2v) is 5.06. The van der Waals surface area contributed by atoms with Gasteiger partial charge in [-0.15, -0.1) is 0 Å². The quantitative estimate of drug-likeness (QED) is 0.849. The highest BCUT2D eigenvalue weighted by Gasteiger charge is 2.19. The third-order valence-corrected chi connectivity index (χ3v) is 3.67. The molecule has 1 aliphatic heterocycles. The average molecular weight is 291 g/mol. The third-order valence-electron chi connectivity index (χ3n) is 3.67. The molecule has 0 bridgehead atoms. The molecule has 0 spiro atoms. The number of aryl methyl sites for hydroxylation is 1. The molecule has 4 heteroatoms. The maximum absolute atomic E-state index is 11.2. The molecule has 0 fully saturated rings. The Morgan fingerprint density at radius 2 is 2.05 bits per heavy atom. The predicted octanol–water partition coefficient (Wildman–Crippen LogP) is 4.07. The minimum absolute atomic E-state index is 0.227. The highest BCUT2D eigenvalue weighted by molar-refractivity contribution is 5.92. The molecule has 0 amide bonds. The number of fused-ring (bicyclic) bond motifs is 1. The Bertz CT molecular complexity index is 844. The van der Waals surface area contributed by atoms with E-state index in [2.05, 4.69) is 4.85 Å². The van der Waals surface area contributed by atoms with Crippen molar-refractivity contribution in [1.82, 2.24) is 0 Å². The number of hydrogen-bond acceptors (Lipinski definition) is 2. The van der Waals surface area contributed by atoms with Gasteiger partial charge >= 0.3 is 5.97 Å². The minimum Gasteiger partial charge on any atom is -0.489 e. The van der Waals surface area contributed by atoms with Crippen molar-refractivity contribution in [1.29, 1.82) is 0 Å². The van der Waals surface area contributed by atoms with Gasteiger partial charge in [-0.3, -0.25) is 0 Å². The fourth-order valence-electron chi connectivity index (χ4n) is 2.60. The zero-order valence-corrected chi connectivity index (χ0v) is 12.0. The number of rotatable bonds is 2. The molecule has 1 heterocycles. The summed E-state index contributed by atoms with van der Waals surface area (Å²) in [4.78, 5) is 14.6. The van der Waals surface area contributed by atoms with Crippen molar-refractivity contribution in [3.63, 3.8) is 0 Å². The Hall–Kier alpha value is -3.06. The van der Waals surface area contributed by atoms with E-state index in [9.17, 15) is 9.90 Å². The van der Waals surface area contributed by atoms with Gasteiger partial charge in [0.1, 0.15) is 12.4 Å². The van der Waals surface area contributed by atoms with Crippen LogP contribution in [-0.4, -0.2) is 17.7 Å². The molecule has 2 aromatic rings. The lowest BCUT2D eigenvalue weighted by molar-refractivity contribution is 0.0697. The standard InChI is InChI=1S/C18H13NO3/c1-11-9-13(19-2)4-5-14(11)15-7-8-22-17-6-3-12(18(20)21)10-16(15)17/h3-7,9-10H,8H2,1H3,(H,20,21). The first-order chi connectivity index (χ1) is 10.6. The number of carboxylic acid groups (broad SMARTS) is 1. The minimum atomic E-state index is -0.965. The predicted molar refractivity (Wildman–Crippen MR) is 83.4 cm³/mol. The van der Waals surface area contributed by atoms with Crippen molar-refractivity contribution >= 4 is 17.2 Å². The van der Waals surface area contributed by atoms with Gasteiger partial charge in [-0.05, 0) is 42.3 Å². The monoisotopic (exact) mass is 291 g/mol. The largest absolute Gasteiger partial charge is 0.489 e. The highest BCUT2D eigenvalue weighted by Crippen LogP contribution is 2.37. The van der Waals surface area contributed by atoms with Crippen molar-refractivity contribution in [3.8, 4) is 5.75 Å². The average Bonchev–Trinajstić information content (AvgIpc) is 2.53. The number of benzene rings is 2. The third kappa shape index (κ3) is 2.33. The van der Waals surface area contributed by atoms with Crippen LogP contribution in [0.15, 0.2) is 42.5 Å². The van der Waals surface area contributed by atoms with Gasteiger partial charge in [0.25, 0.3) is 0 Å². The Labute approximate surface area is 128 Å². The molecule has 2 aromatic carbocycles. The molecule has 0 aliphatic carbocycles. The summed E-state index contributed by atoms with van der Waals surface area (Å²) in [6.07, 6.45) is 1.94. The zero-order chi connectivity index (χ0) is 15.7. The lowest BCUT2D eigenvalue weighted by Crippen LogP contribution is -2.08. The Balaban J connectivity index is 2.14. The first-order valence-electron chi connectivity index (χ1n) is 6.79. The van der Waals surface area contributed by atoms with E-state index in [1.807, 2.05) is 25.1 Å². The lowest BCUT2D eigenvalue weighted by Gasteiger charge is -2.20. The van der Waals surface area contributed by atoms with E-state index in [0.29, 0.717) is 18.0 Å². The summed E-state index contributed by atoms with van der Waals surface area (Å²) >= 11 is 0. The molecule has 22 heavy (non-hydrogen) atoms. The van der Waals surface area contributed by atoms with E-state index < -0.39 is 5.97 Å². The van der Waals surface area contributed by atoms with Gasteiger partial charge in [-0.25, -0.2) is 9.64 Å². The van der Waals surface area contributed by atoms with Gasteiger partial charge in [-0.1, -0.05) is 23.8 Å². The smallest absolute Gasteiger partial charge is 0.335 e. The maximum Gasteiger partial charge on any atom is 0.335 e. The van der Waals surface area contributed by atoms with Gasteiger partial charge in [0.05, 0.1) is 12.1 Å². The van der Waals surface area contributed by atoms with Crippen LogP contribution in [0.25, 0.3) is 10.4 Å². The summed E-state index contributed by atoms with van der Waals surface area (Å²) in [5.74, 6) is -0.288. The van der Waals surface area contributed by atoms with Crippen LogP contribution in [0.5, 0.6) is 5.75 Å². The highest BCUT2D eigenvalue weighted by atomic mass is 16.5. The molecule has 1 aliphatic rings. The Morgan fingerprint density at radius 1 is 1.23 bits per heavy atom. The van der Waals surface area contributed by atoms with E-state index in [-0.39, 0.29) is 5.56 Å². The van der Waals surface area contributed by atoms with Gasteiger partial charge < -0.3 is 9.84 Å². The molecule has 4 nitrogen and oxygen atoms in total. The first-order valence-corrected chi connectivity index (χ1v) is 6.79. The van der Waals surface area contributed by atoms with Crippen molar-refractivity contribution in [2.75, 3.05) is 6.61 Å². The fourth-order valence-corrected chi connectivity index (χ4v) is 2.60. The van der Waals surface area contributed by atoms with Crippen molar-refractivity contribution < 1.29 is 14.6 Å². The molecule has 1 N–H and O–H groups in total. The SMILES string of the molecule is [C-]#[N+]c1ccc(C2=CCOc3ccc(C(=O)O)cc32)c(C)c1. The number of nitrogens with zero attached hydrogens (tertiary/aromatic N) is 1. The van der Waals surface area contributed by atoms with Crippen molar-refractivity contribution in [3.05, 3.63) is 76.1 Å². The Morgan fingerprint density at radius 3 is 2.73 bits per heavy atom. The van der Waals surface area contributed by atoms with Gasteiger partial charge in [-0.2, -0.15) is 0 Å². The Kier molecular flexibility index (Phi) is 3.40. The number of hydrogen-bond donors (Lipinski definition) is 1. The van der Waals surface area contributed by atoms with Gasteiger partial charge in [0, 0.05) is 5.56 Å².